The summed E-state index contributed by atoms with van der Waals surface area (Å²) in [5.74, 6) is -4.67. The van der Waals surface area contributed by atoms with Crippen LogP contribution in [-0.2, 0) is 20.9 Å². The Hall–Kier alpha value is -4.80. The molecule has 0 aliphatic rings. The minimum Gasteiger partial charge on any atom is -0.481 e. The highest BCUT2D eigenvalue weighted by Crippen LogP contribution is 2.23. The van der Waals surface area contributed by atoms with Gasteiger partial charge in [0.1, 0.15) is 11.7 Å². The van der Waals surface area contributed by atoms with Crippen LogP contribution >= 0.6 is 0 Å². The second-order valence-electron chi connectivity index (χ2n) is 7.80. The van der Waals surface area contributed by atoms with E-state index in [1.807, 2.05) is 30.3 Å². The normalized spacial score (nSPS) is 11.8. The molecule has 2 heterocycles. The van der Waals surface area contributed by atoms with Crippen LogP contribution in [-0.4, -0.2) is 59.4 Å². The molecule has 178 valence electrons. The first-order valence-corrected chi connectivity index (χ1v) is 10.7. The number of aromatic nitrogens is 4. The average Bonchev–Trinajstić information content (AvgIpc) is 3.47. The lowest BCUT2D eigenvalue weighted by atomic mass is 10.1. The maximum atomic E-state index is 12.9. The highest BCUT2D eigenvalue weighted by atomic mass is 16.4. The molecule has 0 spiro atoms. The lowest BCUT2D eigenvalue weighted by molar-refractivity contribution is -0.142. The van der Waals surface area contributed by atoms with Gasteiger partial charge in [0.2, 0.25) is 0 Å². The van der Waals surface area contributed by atoms with E-state index in [0.717, 1.165) is 5.69 Å². The van der Waals surface area contributed by atoms with Crippen LogP contribution < -0.4 is 5.32 Å². The van der Waals surface area contributed by atoms with Crippen LogP contribution in [0.5, 0.6) is 0 Å². The maximum Gasteiger partial charge on any atom is 0.326 e. The fourth-order valence-corrected chi connectivity index (χ4v) is 3.68. The SMILES string of the molecule is O=C(O)CC[C@H](NC(=O)C(=O)c1cn(Cc2cn(-c3ccccc3)nn2)c2ccccc12)C(=O)O. The van der Waals surface area contributed by atoms with E-state index in [4.69, 9.17) is 5.11 Å². The van der Waals surface area contributed by atoms with Gasteiger partial charge in [-0.05, 0) is 24.6 Å². The largest absolute Gasteiger partial charge is 0.481 e. The average molecular weight is 475 g/mol. The number of carbonyl (C=O) groups excluding carboxylic acids is 2. The predicted octanol–water partition coefficient (Wildman–Crippen LogP) is 1.89. The van der Waals surface area contributed by atoms with Crippen LogP contribution in [0.3, 0.4) is 0 Å². The number of para-hydroxylation sites is 2. The Balaban J connectivity index is 1.57. The van der Waals surface area contributed by atoms with E-state index in [9.17, 15) is 24.3 Å². The quantitative estimate of drug-likeness (QED) is 0.232. The molecule has 0 saturated heterocycles. The van der Waals surface area contributed by atoms with Crippen molar-refractivity contribution in [3.8, 4) is 5.69 Å². The lowest BCUT2D eigenvalue weighted by Crippen LogP contribution is -2.44. The van der Waals surface area contributed by atoms with E-state index in [1.165, 1.54) is 6.20 Å². The van der Waals surface area contributed by atoms with Gasteiger partial charge in [0.25, 0.3) is 11.7 Å². The van der Waals surface area contributed by atoms with E-state index >= 15 is 0 Å². The van der Waals surface area contributed by atoms with Gasteiger partial charge in [0.15, 0.2) is 0 Å². The summed E-state index contributed by atoms with van der Waals surface area (Å²) >= 11 is 0. The van der Waals surface area contributed by atoms with Crippen LogP contribution in [0.4, 0.5) is 0 Å². The molecule has 0 unspecified atom stereocenters. The molecule has 0 saturated carbocycles. The van der Waals surface area contributed by atoms with Gasteiger partial charge in [0.05, 0.1) is 24.0 Å². The number of rotatable bonds is 10. The number of ketones is 1. The molecule has 1 atom stereocenters. The Morgan fingerprint density at radius 1 is 0.943 bits per heavy atom. The molecule has 35 heavy (non-hydrogen) atoms. The van der Waals surface area contributed by atoms with Crippen LogP contribution in [0.15, 0.2) is 67.0 Å². The summed E-state index contributed by atoms with van der Waals surface area (Å²) in [6, 6.07) is 14.9. The number of amides is 1. The first-order valence-electron chi connectivity index (χ1n) is 10.7. The van der Waals surface area contributed by atoms with Crippen molar-refractivity contribution in [3.63, 3.8) is 0 Å². The number of Topliss-reactive ketones (excluding diaryl/α,β-unsaturated/α-hetero) is 1. The third kappa shape index (κ3) is 5.24. The lowest BCUT2D eigenvalue weighted by Gasteiger charge is -2.12. The van der Waals surface area contributed by atoms with Gasteiger partial charge in [-0.2, -0.15) is 0 Å². The molecular formula is C24H21N5O6. The second-order valence-corrected chi connectivity index (χ2v) is 7.80. The summed E-state index contributed by atoms with van der Waals surface area (Å²) in [5.41, 5.74) is 2.24. The van der Waals surface area contributed by atoms with Crippen molar-refractivity contribution in [3.05, 3.63) is 78.2 Å². The monoisotopic (exact) mass is 475 g/mol. The number of carboxylic acids is 2. The molecule has 0 radical (unpaired) electrons. The highest BCUT2D eigenvalue weighted by Gasteiger charge is 2.27. The number of nitrogens with one attached hydrogen (secondary N) is 1. The number of hydrogen-bond donors (Lipinski definition) is 3. The van der Waals surface area contributed by atoms with Gasteiger partial charge in [-0.25, -0.2) is 9.48 Å². The second kappa shape index (κ2) is 10.00. The van der Waals surface area contributed by atoms with Gasteiger partial charge in [-0.3, -0.25) is 14.4 Å². The molecule has 11 nitrogen and oxygen atoms in total. The zero-order valence-electron chi connectivity index (χ0n) is 18.4. The van der Waals surface area contributed by atoms with E-state index < -0.39 is 36.1 Å². The van der Waals surface area contributed by atoms with Crippen molar-refractivity contribution >= 4 is 34.5 Å². The van der Waals surface area contributed by atoms with Crippen LogP contribution in [0.2, 0.25) is 0 Å². The zero-order chi connectivity index (χ0) is 24.9. The van der Waals surface area contributed by atoms with E-state index in [2.05, 4.69) is 15.6 Å². The van der Waals surface area contributed by atoms with Crippen molar-refractivity contribution in [1.82, 2.24) is 24.9 Å². The van der Waals surface area contributed by atoms with Crippen molar-refractivity contribution in [1.29, 1.82) is 0 Å². The molecule has 4 rings (SSSR count). The van der Waals surface area contributed by atoms with Crippen LogP contribution in [0.25, 0.3) is 16.6 Å². The third-order valence-electron chi connectivity index (χ3n) is 5.38. The number of fused-ring (bicyclic) bond motifs is 1. The molecule has 11 heteroatoms. The molecule has 0 aliphatic carbocycles. The number of hydrogen-bond acceptors (Lipinski definition) is 6. The Kier molecular flexibility index (Phi) is 6.67. The Morgan fingerprint density at radius 3 is 2.37 bits per heavy atom. The van der Waals surface area contributed by atoms with Crippen LogP contribution in [0.1, 0.15) is 28.9 Å². The summed E-state index contributed by atoms with van der Waals surface area (Å²) < 4.78 is 3.39. The van der Waals surface area contributed by atoms with Gasteiger partial charge in [0, 0.05) is 23.5 Å². The summed E-state index contributed by atoms with van der Waals surface area (Å²) in [6.45, 7) is 0.276. The van der Waals surface area contributed by atoms with Gasteiger partial charge >= 0.3 is 11.9 Å². The molecule has 1 amide bonds. The molecule has 0 fully saturated rings. The standard InChI is InChI=1S/C24H21N5O6/c30-21(31)11-10-19(24(34)35)25-23(33)22(32)18-14-28(20-9-5-4-8-17(18)20)12-15-13-29(27-26-15)16-6-2-1-3-7-16/h1-9,13-14,19H,10-12H2,(H,25,33)(H,30,31)(H,34,35)/t19-/m0/s1. The topological polar surface area (TPSA) is 156 Å². The fraction of sp³-hybridized carbons (Fsp3) is 0.167. The van der Waals surface area contributed by atoms with Crippen molar-refractivity contribution in [2.24, 2.45) is 0 Å². The van der Waals surface area contributed by atoms with Crippen molar-refractivity contribution < 1.29 is 29.4 Å². The van der Waals surface area contributed by atoms with E-state index in [1.54, 1.807) is 39.7 Å². The highest BCUT2D eigenvalue weighted by molar-refractivity contribution is 6.45. The summed E-state index contributed by atoms with van der Waals surface area (Å²) in [6.07, 6.45) is 2.47. The number of nitrogens with zero attached hydrogens (tertiary/aromatic N) is 4. The molecule has 3 N–H and O–H groups in total. The molecule has 4 aromatic rings. The van der Waals surface area contributed by atoms with Gasteiger partial charge < -0.3 is 20.1 Å². The Bertz CT molecular complexity index is 1410. The first-order chi connectivity index (χ1) is 16.8. The van der Waals surface area contributed by atoms with Gasteiger partial charge in [-0.15, -0.1) is 5.10 Å². The summed E-state index contributed by atoms with van der Waals surface area (Å²) in [7, 11) is 0. The molecular weight excluding hydrogens is 454 g/mol. The fourth-order valence-electron chi connectivity index (χ4n) is 3.68. The number of carboxylic acid groups (broad SMARTS) is 2. The molecule has 2 aromatic heterocycles. The smallest absolute Gasteiger partial charge is 0.326 e. The molecule has 0 aliphatic heterocycles. The van der Waals surface area contributed by atoms with E-state index in [-0.39, 0.29) is 18.5 Å². The summed E-state index contributed by atoms with van der Waals surface area (Å²) in [5, 5.41) is 29.0. The summed E-state index contributed by atoms with van der Waals surface area (Å²) in [4.78, 5) is 47.7. The van der Waals surface area contributed by atoms with Crippen molar-refractivity contribution in [2.45, 2.75) is 25.4 Å². The number of benzene rings is 2. The Morgan fingerprint density at radius 2 is 1.66 bits per heavy atom. The number of aliphatic carboxylic acids is 2. The predicted molar refractivity (Wildman–Crippen MR) is 123 cm³/mol. The zero-order valence-corrected chi connectivity index (χ0v) is 18.4. The third-order valence-corrected chi connectivity index (χ3v) is 5.38. The molecule has 0 bridgehead atoms. The maximum absolute atomic E-state index is 12.9. The number of carbonyl (C=O) groups is 4. The van der Waals surface area contributed by atoms with Crippen molar-refractivity contribution in [2.75, 3.05) is 0 Å². The van der Waals surface area contributed by atoms with Gasteiger partial charge in [-0.1, -0.05) is 41.6 Å². The minimum absolute atomic E-state index is 0.0934. The van der Waals surface area contributed by atoms with E-state index in [0.29, 0.717) is 16.6 Å². The minimum atomic E-state index is -1.50. The van der Waals surface area contributed by atoms with Crippen LogP contribution in [0, 0.1) is 0 Å². The molecule has 2 aromatic carbocycles. The Labute approximate surface area is 198 Å². The first kappa shape index (κ1) is 23.4.